The molecule has 0 saturated heterocycles. The van der Waals surface area contributed by atoms with Crippen molar-refractivity contribution in [2.75, 3.05) is 13.2 Å². The van der Waals surface area contributed by atoms with Crippen LogP contribution in [0.15, 0.2) is 58.9 Å². The fraction of sp³-hybridized carbons (Fsp3) is 0.500. The Balaban J connectivity index is 3.27. The monoisotopic (exact) mass is 472 g/mol. The number of nitrogens with two attached hydrogens (primary N) is 1. The molecular formula is C24H32F4N2O3. The zero-order chi connectivity index (χ0) is 25.3. The summed E-state index contributed by atoms with van der Waals surface area (Å²) in [6.07, 6.45) is 3.64. The number of carbonyl (C=O) groups excluding carboxylic acids is 2. The number of rotatable bonds is 13. The molecule has 33 heavy (non-hydrogen) atoms. The van der Waals surface area contributed by atoms with Crippen molar-refractivity contribution in [3.8, 4) is 0 Å². The minimum atomic E-state index is -4.31. The number of alkyl halides is 4. The highest BCUT2D eigenvalue weighted by molar-refractivity contribution is 6.03. The summed E-state index contributed by atoms with van der Waals surface area (Å²) in [6.45, 7) is 9.06. The number of hydrogen-bond donors (Lipinski definition) is 1. The van der Waals surface area contributed by atoms with Crippen LogP contribution in [0.1, 0.15) is 40.5 Å². The van der Waals surface area contributed by atoms with Gasteiger partial charge in [0.05, 0.1) is 12.1 Å². The molecule has 5 nitrogen and oxygen atoms in total. The molecule has 1 rings (SSSR count). The summed E-state index contributed by atoms with van der Waals surface area (Å²) in [5.74, 6) is -4.67. The first-order chi connectivity index (χ1) is 15.4. The van der Waals surface area contributed by atoms with E-state index in [9.17, 15) is 27.2 Å². The van der Waals surface area contributed by atoms with Gasteiger partial charge in [-0.25, -0.2) is 8.78 Å². The molecule has 1 aliphatic rings. The third kappa shape index (κ3) is 7.42. The van der Waals surface area contributed by atoms with E-state index >= 15 is 0 Å². The lowest BCUT2D eigenvalue weighted by atomic mass is 9.99. The van der Waals surface area contributed by atoms with E-state index < -0.39 is 31.1 Å². The minimum absolute atomic E-state index is 0.0754. The van der Waals surface area contributed by atoms with Crippen molar-refractivity contribution in [2.45, 2.75) is 65.0 Å². The molecule has 1 amide bonds. The number of allylic oxidation sites excluding steroid dienone is 3. The third-order valence-electron chi connectivity index (χ3n) is 5.34. The zero-order valence-electron chi connectivity index (χ0n) is 19.4. The Hall–Kier alpha value is -2.68. The van der Waals surface area contributed by atoms with E-state index in [1.165, 1.54) is 18.0 Å². The van der Waals surface area contributed by atoms with Gasteiger partial charge in [-0.05, 0) is 50.1 Å². The maximum Gasteiger partial charge on any atom is 0.330 e. The quantitative estimate of drug-likeness (QED) is 0.182. The summed E-state index contributed by atoms with van der Waals surface area (Å²) in [5.41, 5.74) is 7.46. The van der Waals surface area contributed by atoms with Gasteiger partial charge in [-0.15, -0.1) is 0 Å². The van der Waals surface area contributed by atoms with Gasteiger partial charge < -0.3 is 15.4 Å². The van der Waals surface area contributed by atoms with E-state index in [4.69, 9.17) is 10.5 Å². The second-order valence-corrected chi connectivity index (χ2v) is 7.91. The molecule has 1 aliphatic heterocycles. The maximum absolute atomic E-state index is 13.4. The molecule has 184 valence electrons. The SMILES string of the molecule is C=C(C=O)C1=C(/C=C\CCC)C(=O)N(C(C)/C(=C/C(C)=C\N)C(C)OCC(F)(F)C(F)F)C1. The number of ether oxygens (including phenoxy) is 1. The van der Waals surface area contributed by atoms with Crippen molar-refractivity contribution in [1.29, 1.82) is 0 Å². The van der Waals surface area contributed by atoms with Gasteiger partial charge in [0, 0.05) is 17.7 Å². The van der Waals surface area contributed by atoms with E-state index in [-0.39, 0.29) is 18.0 Å². The maximum atomic E-state index is 13.4. The molecular weight excluding hydrogens is 440 g/mol. The van der Waals surface area contributed by atoms with Crippen molar-refractivity contribution in [3.63, 3.8) is 0 Å². The molecule has 0 saturated carbocycles. The summed E-state index contributed by atoms with van der Waals surface area (Å²) in [5, 5.41) is 0. The molecule has 2 N–H and O–H groups in total. The average molecular weight is 473 g/mol. The summed E-state index contributed by atoms with van der Waals surface area (Å²) in [6, 6.07) is -0.672. The fourth-order valence-corrected chi connectivity index (χ4v) is 3.27. The first kappa shape index (κ1) is 28.4. The van der Waals surface area contributed by atoms with Crippen LogP contribution < -0.4 is 5.73 Å². The van der Waals surface area contributed by atoms with Crippen LogP contribution >= 0.6 is 0 Å². The summed E-state index contributed by atoms with van der Waals surface area (Å²) in [4.78, 5) is 26.0. The normalized spacial score (nSPS) is 18.0. The number of nitrogens with zero attached hydrogens (tertiary/aromatic N) is 1. The van der Waals surface area contributed by atoms with Crippen LogP contribution in [0.3, 0.4) is 0 Å². The zero-order valence-corrected chi connectivity index (χ0v) is 19.4. The molecule has 2 unspecified atom stereocenters. The molecule has 0 aliphatic carbocycles. The van der Waals surface area contributed by atoms with Crippen LogP contribution in [-0.4, -0.2) is 54.7 Å². The van der Waals surface area contributed by atoms with Gasteiger partial charge in [0.2, 0.25) is 0 Å². The molecule has 0 bridgehead atoms. The number of hydrogen-bond acceptors (Lipinski definition) is 4. The number of amides is 1. The van der Waals surface area contributed by atoms with E-state index in [2.05, 4.69) is 6.58 Å². The van der Waals surface area contributed by atoms with Crippen LogP contribution in [0.5, 0.6) is 0 Å². The standard InChI is InChI=1S/C24H32F4N2O3/c1-6-7-8-9-19-21(16(3)13-31)12-30(22(19)32)17(4)20(10-15(2)11-29)18(5)33-14-24(27,28)23(25)26/h8-11,13,17-18,23H,3,6-7,12,14,29H2,1-2,4-5H3/b9-8-,15-11-,20-10-. The summed E-state index contributed by atoms with van der Waals surface area (Å²) >= 11 is 0. The molecule has 0 radical (unpaired) electrons. The molecule has 0 spiro atoms. The van der Waals surface area contributed by atoms with Crippen LogP contribution in [-0.2, 0) is 14.3 Å². The fourth-order valence-electron chi connectivity index (χ4n) is 3.27. The third-order valence-corrected chi connectivity index (χ3v) is 5.34. The van der Waals surface area contributed by atoms with Gasteiger partial charge in [-0.3, -0.25) is 9.59 Å². The lowest BCUT2D eigenvalue weighted by molar-refractivity contribution is -0.172. The van der Waals surface area contributed by atoms with Crippen LogP contribution in [0.25, 0.3) is 0 Å². The van der Waals surface area contributed by atoms with E-state index in [0.717, 1.165) is 12.8 Å². The molecule has 9 heteroatoms. The second-order valence-electron chi connectivity index (χ2n) is 7.91. The smallest absolute Gasteiger partial charge is 0.330 e. The number of aldehydes is 1. The Morgan fingerprint density at radius 3 is 2.48 bits per heavy atom. The Morgan fingerprint density at radius 2 is 1.97 bits per heavy atom. The highest BCUT2D eigenvalue weighted by Crippen LogP contribution is 2.31. The molecule has 0 aromatic rings. The van der Waals surface area contributed by atoms with Crippen molar-refractivity contribution >= 4 is 12.2 Å². The Morgan fingerprint density at radius 1 is 1.33 bits per heavy atom. The Labute approximate surface area is 192 Å². The first-order valence-electron chi connectivity index (χ1n) is 10.6. The van der Waals surface area contributed by atoms with Crippen molar-refractivity contribution in [2.24, 2.45) is 5.73 Å². The minimum Gasteiger partial charge on any atom is -0.404 e. The first-order valence-corrected chi connectivity index (χ1v) is 10.6. The average Bonchev–Trinajstić information content (AvgIpc) is 3.10. The van der Waals surface area contributed by atoms with Crippen LogP contribution in [0.2, 0.25) is 0 Å². The Bertz CT molecular complexity index is 860. The van der Waals surface area contributed by atoms with Crippen molar-refractivity contribution in [3.05, 3.63) is 58.9 Å². The predicted molar refractivity (Wildman–Crippen MR) is 120 cm³/mol. The number of unbranched alkanes of at least 4 members (excludes halogenated alkanes) is 1. The molecule has 0 fully saturated rings. The van der Waals surface area contributed by atoms with E-state index in [1.54, 1.807) is 26.0 Å². The second kappa shape index (κ2) is 12.5. The largest absolute Gasteiger partial charge is 0.404 e. The topological polar surface area (TPSA) is 72.6 Å². The van der Waals surface area contributed by atoms with Gasteiger partial charge in [0.25, 0.3) is 5.91 Å². The van der Waals surface area contributed by atoms with Crippen LogP contribution in [0.4, 0.5) is 17.6 Å². The summed E-state index contributed by atoms with van der Waals surface area (Å²) in [7, 11) is 0. The molecule has 0 aromatic heterocycles. The lowest BCUT2D eigenvalue weighted by Gasteiger charge is -2.31. The molecule has 0 aromatic carbocycles. The van der Waals surface area contributed by atoms with Gasteiger partial charge in [-0.1, -0.05) is 38.2 Å². The van der Waals surface area contributed by atoms with E-state index in [0.29, 0.717) is 28.6 Å². The Kier molecular flexibility index (Phi) is 10.8. The summed E-state index contributed by atoms with van der Waals surface area (Å²) < 4.78 is 56.9. The van der Waals surface area contributed by atoms with Crippen molar-refractivity contribution in [1.82, 2.24) is 4.90 Å². The number of halogens is 4. The highest BCUT2D eigenvalue weighted by atomic mass is 19.3. The van der Waals surface area contributed by atoms with E-state index in [1.807, 2.05) is 13.0 Å². The van der Waals surface area contributed by atoms with Crippen molar-refractivity contribution < 1.29 is 31.9 Å². The van der Waals surface area contributed by atoms with Gasteiger partial charge in [0.15, 0.2) is 0 Å². The van der Waals surface area contributed by atoms with Gasteiger partial charge >= 0.3 is 12.3 Å². The highest BCUT2D eigenvalue weighted by Gasteiger charge is 2.42. The van der Waals surface area contributed by atoms with Crippen LogP contribution in [0, 0.1) is 0 Å². The molecule has 2 atom stereocenters. The predicted octanol–water partition coefficient (Wildman–Crippen LogP) is 4.72. The van der Waals surface area contributed by atoms with Gasteiger partial charge in [-0.2, -0.15) is 8.78 Å². The number of carbonyl (C=O) groups is 2. The van der Waals surface area contributed by atoms with Gasteiger partial charge in [0.1, 0.15) is 12.9 Å². The molecule has 1 heterocycles. The lowest BCUT2D eigenvalue weighted by Crippen LogP contribution is -2.41.